The van der Waals surface area contributed by atoms with Gasteiger partial charge >= 0.3 is 0 Å². The molecule has 13 heavy (non-hydrogen) atoms. The molecular weight excluding hydrogens is 172 g/mol. The predicted molar refractivity (Wildman–Crippen MR) is 45.9 cm³/mol. The van der Waals surface area contributed by atoms with E-state index in [1.807, 2.05) is 0 Å². The van der Waals surface area contributed by atoms with Crippen molar-refractivity contribution in [1.82, 2.24) is 0 Å². The van der Waals surface area contributed by atoms with Crippen molar-refractivity contribution in [3.8, 4) is 0 Å². The fourth-order valence-corrected chi connectivity index (χ4v) is 1.30. The second kappa shape index (κ2) is 2.55. The van der Waals surface area contributed by atoms with E-state index in [-0.39, 0.29) is 18.0 Å². The van der Waals surface area contributed by atoms with Crippen LogP contribution in [0.2, 0.25) is 0 Å². The van der Waals surface area contributed by atoms with Crippen molar-refractivity contribution in [3.63, 3.8) is 0 Å². The number of non-ortho nitro benzene ring substituents is 1. The molecule has 1 aliphatic heterocycles. The van der Waals surface area contributed by atoms with E-state index < -0.39 is 4.92 Å². The zero-order valence-electron chi connectivity index (χ0n) is 6.61. The molecule has 1 aromatic rings. The van der Waals surface area contributed by atoms with Crippen LogP contribution in [0.5, 0.6) is 0 Å². The second-order valence-corrected chi connectivity index (χ2v) is 2.76. The highest BCUT2D eigenvalue weighted by molar-refractivity contribution is 6.08. The van der Waals surface area contributed by atoms with Crippen molar-refractivity contribution in [2.24, 2.45) is 0 Å². The predicted octanol–water partition coefficient (Wildman–Crippen LogP) is 1.20. The van der Waals surface area contributed by atoms with Gasteiger partial charge < -0.3 is 5.32 Å². The first kappa shape index (κ1) is 7.72. The first-order valence-electron chi connectivity index (χ1n) is 3.74. The van der Waals surface area contributed by atoms with E-state index in [0.29, 0.717) is 11.3 Å². The smallest absolute Gasteiger partial charge is 0.270 e. The summed E-state index contributed by atoms with van der Waals surface area (Å²) < 4.78 is 0. The lowest BCUT2D eigenvalue weighted by atomic mass is 10.1. The fraction of sp³-hybridized carbons (Fsp3) is 0.125. The zero-order chi connectivity index (χ0) is 9.42. The number of Topliss-reactive ketones (excluding diaryl/α,β-unsaturated/α-hetero) is 1. The van der Waals surface area contributed by atoms with Crippen LogP contribution in [0.4, 0.5) is 11.4 Å². The van der Waals surface area contributed by atoms with Gasteiger partial charge in [-0.3, -0.25) is 14.9 Å². The summed E-state index contributed by atoms with van der Waals surface area (Å²) >= 11 is 0. The van der Waals surface area contributed by atoms with Crippen molar-refractivity contribution in [3.05, 3.63) is 33.9 Å². The summed E-state index contributed by atoms with van der Waals surface area (Å²) in [5.41, 5.74) is 1.04. The molecule has 66 valence electrons. The first-order valence-corrected chi connectivity index (χ1v) is 3.74. The number of ketones is 1. The van der Waals surface area contributed by atoms with Gasteiger partial charge in [0.2, 0.25) is 0 Å². The minimum absolute atomic E-state index is 0.0456. The molecule has 0 aromatic heterocycles. The van der Waals surface area contributed by atoms with Crippen LogP contribution in [0.1, 0.15) is 10.4 Å². The van der Waals surface area contributed by atoms with Crippen LogP contribution in [0.25, 0.3) is 0 Å². The molecule has 1 N–H and O–H groups in total. The lowest BCUT2D eigenvalue weighted by molar-refractivity contribution is -0.384. The number of nitro benzene ring substituents is 1. The minimum atomic E-state index is -0.508. The van der Waals surface area contributed by atoms with Gasteiger partial charge in [-0.2, -0.15) is 0 Å². The molecule has 5 heteroatoms. The largest absolute Gasteiger partial charge is 0.377 e. The lowest BCUT2D eigenvalue weighted by Gasteiger charge is -1.96. The van der Waals surface area contributed by atoms with Gasteiger partial charge in [0.1, 0.15) is 0 Å². The Morgan fingerprint density at radius 1 is 1.46 bits per heavy atom. The quantitative estimate of drug-likeness (QED) is 0.518. The van der Waals surface area contributed by atoms with Crippen LogP contribution < -0.4 is 5.32 Å². The maximum Gasteiger partial charge on any atom is 0.270 e. The normalized spacial score (nSPS) is 13.7. The van der Waals surface area contributed by atoms with Crippen molar-refractivity contribution in [2.45, 2.75) is 0 Å². The number of rotatable bonds is 1. The van der Waals surface area contributed by atoms with Crippen LogP contribution >= 0.6 is 0 Å². The zero-order valence-corrected chi connectivity index (χ0v) is 6.61. The van der Waals surface area contributed by atoms with Crippen molar-refractivity contribution < 1.29 is 9.72 Å². The molecule has 1 heterocycles. The molecule has 1 aliphatic rings. The Hall–Kier alpha value is -1.91. The van der Waals surface area contributed by atoms with Gasteiger partial charge in [-0.15, -0.1) is 0 Å². The number of carbonyl (C=O) groups is 1. The number of hydrogen-bond acceptors (Lipinski definition) is 4. The third kappa shape index (κ3) is 1.14. The molecule has 0 fully saturated rings. The SMILES string of the molecule is O=C1CNc2ccc([N+](=O)[O-])cc21. The van der Waals surface area contributed by atoms with E-state index in [1.54, 1.807) is 6.07 Å². The van der Waals surface area contributed by atoms with Crippen LogP contribution in [0.3, 0.4) is 0 Å². The summed E-state index contributed by atoms with van der Waals surface area (Å²) in [6.07, 6.45) is 0. The van der Waals surface area contributed by atoms with E-state index >= 15 is 0 Å². The summed E-state index contributed by atoms with van der Waals surface area (Å²) in [7, 11) is 0. The van der Waals surface area contributed by atoms with Crippen molar-refractivity contribution in [1.29, 1.82) is 0 Å². The van der Waals surface area contributed by atoms with Gasteiger partial charge in [0, 0.05) is 23.4 Å². The van der Waals surface area contributed by atoms with Crippen LogP contribution in [0.15, 0.2) is 18.2 Å². The van der Waals surface area contributed by atoms with Crippen molar-refractivity contribution in [2.75, 3.05) is 11.9 Å². The molecule has 0 bridgehead atoms. The second-order valence-electron chi connectivity index (χ2n) is 2.76. The van der Waals surface area contributed by atoms with Gasteiger partial charge in [-0.05, 0) is 6.07 Å². The molecule has 0 spiro atoms. The highest BCUT2D eigenvalue weighted by atomic mass is 16.6. The monoisotopic (exact) mass is 178 g/mol. The third-order valence-electron chi connectivity index (χ3n) is 1.95. The Bertz CT molecular complexity index is 400. The Balaban J connectivity index is 2.54. The van der Waals surface area contributed by atoms with E-state index in [4.69, 9.17) is 0 Å². The number of nitrogens with zero attached hydrogens (tertiary/aromatic N) is 1. The number of hydrogen-bond donors (Lipinski definition) is 1. The molecule has 0 amide bonds. The van der Waals surface area contributed by atoms with E-state index in [0.717, 1.165) is 0 Å². The highest BCUT2D eigenvalue weighted by Gasteiger charge is 2.21. The molecule has 0 saturated carbocycles. The maximum atomic E-state index is 11.2. The number of carbonyl (C=O) groups excluding carboxylic acids is 1. The molecule has 0 saturated heterocycles. The summed E-state index contributed by atoms with van der Waals surface area (Å²) in [5, 5.41) is 13.2. The summed E-state index contributed by atoms with van der Waals surface area (Å²) in [4.78, 5) is 21.0. The van der Waals surface area contributed by atoms with Gasteiger partial charge in [-0.25, -0.2) is 0 Å². The van der Waals surface area contributed by atoms with Crippen LogP contribution in [-0.4, -0.2) is 17.3 Å². The van der Waals surface area contributed by atoms with E-state index in [1.165, 1.54) is 12.1 Å². The average molecular weight is 178 g/mol. The number of fused-ring (bicyclic) bond motifs is 1. The summed E-state index contributed by atoms with van der Waals surface area (Å²) in [5.74, 6) is -0.0984. The Labute approximate surface area is 73.5 Å². The molecule has 0 radical (unpaired) electrons. The van der Waals surface area contributed by atoms with Gasteiger partial charge in [0.25, 0.3) is 5.69 Å². The maximum absolute atomic E-state index is 11.2. The molecule has 0 aliphatic carbocycles. The van der Waals surface area contributed by atoms with Gasteiger partial charge in [0.15, 0.2) is 5.78 Å². The average Bonchev–Trinajstić information content (AvgIpc) is 2.47. The third-order valence-corrected chi connectivity index (χ3v) is 1.95. The minimum Gasteiger partial charge on any atom is -0.377 e. The number of nitrogens with one attached hydrogen (secondary N) is 1. The topological polar surface area (TPSA) is 72.2 Å². The van der Waals surface area contributed by atoms with Gasteiger partial charge in [-0.1, -0.05) is 0 Å². The fourth-order valence-electron chi connectivity index (χ4n) is 1.30. The molecule has 2 rings (SSSR count). The molecule has 0 atom stereocenters. The van der Waals surface area contributed by atoms with E-state index in [2.05, 4.69) is 5.32 Å². The highest BCUT2D eigenvalue weighted by Crippen LogP contribution is 2.26. The molecular formula is C8H6N2O3. The van der Waals surface area contributed by atoms with Crippen molar-refractivity contribution >= 4 is 17.2 Å². The first-order chi connectivity index (χ1) is 6.18. The summed E-state index contributed by atoms with van der Waals surface area (Å²) in [6.45, 7) is 0.233. The van der Waals surface area contributed by atoms with Crippen LogP contribution in [0, 0.1) is 10.1 Å². The van der Waals surface area contributed by atoms with Crippen LogP contribution in [-0.2, 0) is 0 Å². The molecule has 5 nitrogen and oxygen atoms in total. The number of nitro groups is 1. The summed E-state index contributed by atoms with van der Waals surface area (Å²) in [6, 6.07) is 4.24. The van der Waals surface area contributed by atoms with Gasteiger partial charge in [0.05, 0.1) is 11.5 Å². The number of anilines is 1. The van der Waals surface area contributed by atoms with E-state index in [9.17, 15) is 14.9 Å². The number of benzene rings is 1. The molecule has 0 unspecified atom stereocenters. The lowest BCUT2D eigenvalue weighted by Crippen LogP contribution is -2.00. The molecule has 1 aromatic carbocycles. The Morgan fingerprint density at radius 2 is 2.23 bits per heavy atom. The Morgan fingerprint density at radius 3 is 2.92 bits per heavy atom. The Kier molecular flexibility index (Phi) is 1.51. The standard InChI is InChI=1S/C8H6N2O3/c11-8-4-9-7-2-1-5(10(12)13)3-6(7)8/h1-3,9H,4H2.